The molecule has 0 atom stereocenters. The summed E-state index contributed by atoms with van der Waals surface area (Å²) in [6.07, 6.45) is 3.40. The molecule has 1 aliphatic carbocycles. The monoisotopic (exact) mass is 255 g/mol. The largest absolute Gasteiger partial charge is 0.466 e. The summed E-state index contributed by atoms with van der Waals surface area (Å²) >= 11 is 6.10. The zero-order valence-corrected chi connectivity index (χ0v) is 10.6. The molecule has 0 bridgehead atoms. The fraction of sp³-hybridized carbons (Fsp3) is 0.538. The molecule has 17 heavy (non-hydrogen) atoms. The average Bonchev–Trinajstić information content (AvgIpc) is 3.11. The van der Waals surface area contributed by atoms with E-state index in [1.165, 1.54) is 12.8 Å². The van der Waals surface area contributed by atoms with Crippen molar-refractivity contribution in [1.82, 2.24) is 0 Å². The molecular weight excluding hydrogens is 238 g/mol. The molecule has 94 valence electrons. The molecule has 2 N–H and O–H groups in total. The van der Waals surface area contributed by atoms with Crippen LogP contribution in [0.4, 0.5) is 0 Å². The van der Waals surface area contributed by atoms with Gasteiger partial charge < -0.3 is 15.2 Å². The second-order valence-corrected chi connectivity index (χ2v) is 4.79. The van der Waals surface area contributed by atoms with Crippen molar-refractivity contribution in [2.75, 3.05) is 19.9 Å². The highest BCUT2D eigenvalue weighted by molar-refractivity contribution is 6.32. The lowest BCUT2D eigenvalue weighted by molar-refractivity contribution is 0.0100. The van der Waals surface area contributed by atoms with E-state index in [2.05, 4.69) is 0 Å². The highest BCUT2D eigenvalue weighted by Gasteiger charge is 2.21. The highest BCUT2D eigenvalue weighted by Crippen LogP contribution is 2.29. The molecule has 1 fully saturated rings. The maximum atomic E-state index is 6.10. The lowest BCUT2D eigenvalue weighted by Gasteiger charge is -2.09. The smallest absolute Gasteiger partial charge is 0.189 e. The first-order valence-corrected chi connectivity index (χ1v) is 6.36. The predicted octanol–water partition coefficient (Wildman–Crippen LogP) is 2.60. The van der Waals surface area contributed by atoms with Gasteiger partial charge in [0.2, 0.25) is 0 Å². The van der Waals surface area contributed by atoms with Crippen LogP contribution < -0.4 is 10.5 Å². The Labute approximate surface area is 107 Å². The van der Waals surface area contributed by atoms with Crippen LogP contribution in [0.15, 0.2) is 18.2 Å². The van der Waals surface area contributed by atoms with Gasteiger partial charge in [-0.3, -0.25) is 0 Å². The van der Waals surface area contributed by atoms with Gasteiger partial charge in [0.25, 0.3) is 0 Å². The van der Waals surface area contributed by atoms with Crippen LogP contribution in [-0.2, 0) is 11.2 Å². The van der Waals surface area contributed by atoms with E-state index < -0.39 is 0 Å². The Morgan fingerprint density at radius 3 is 2.82 bits per heavy atom. The van der Waals surface area contributed by atoms with Crippen molar-refractivity contribution < 1.29 is 9.47 Å². The minimum atomic E-state index is 0.270. The quantitative estimate of drug-likeness (QED) is 0.602. The molecule has 1 aromatic carbocycles. The molecule has 2 rings (SSSR count). The van der Waals surface area contributed by atoms with E-state index in [1.807, 2.05) is 18.2 Å². The van der Waals surface area contributed by atoms with Crippen molar-refractivity contribution >= 4 is 11.6 Å². The summed E-state index contributed by atoms with van der Waals surface area (Å²) in [4.78, 5) is 0. The fourth-order valence-corrected chi connectivity index (χ4v) is 1.85. The number of rotatable bonds is 7. The van der Waals surface area contributed by atoms with Gasteiger partial charge in [-0.1, -0.05) is 17.7 Å². The van der Waals surface area contributed by atoms with Crippen LogP contribution in [-0.4, -0.2) is 19.9 Å². The van der Waals surface area contributed by atoms with Crippen LogP contribution in [0, 0.1) is 5.92 Å². The van der Waals surface area contributed by atoms with Gasteiger partial charge in [-0.05, 0) is 49.4 Å². The number of hydrogen-bond donors (Lipinski definition) is 1. The summed E-state index contributed by atoms with van der Waals surface area (Å²) in [5.41, 5.74) is 6.62. The Kier molecular flexibility index (Phi) is 4.66. The molecule has 0 aromatic heterocycles. The molecule has 4 heteroatoms. The standard InChI is InChI=1S/C13H18ClNO2/c14-12-7-10(5-6-15)3-4-13(12)17-9-16-8-11-1-2-11/h3-4,7,11H,1-2,5-6,8-9,15H2. The maximum absolute atomic E-state index is 6.10. The number of benzene rings is 1. The topological polar surface area (TPSA) is 44.5 Å². The van der Waals surface area contributed by atoms with Crippen molar-refractivity contribution in [2.45, 2.75) is 19.3 Å². The second kappa shape index (κ2) is 6.24. The molecule has 0 unspecified atom stereocenters. The summed E-state index contributed by atoms with van der Waals surface area (Å²) in [7, 11) is 0. The van der Waals surface area contributed by atoms with Crippen molar-refractivity contribution in [3.63, 3.8) is 0 Å². The third-order valence-corrected chi connectivity index (χ3v) is 3.07. The minimum Gasteiger partial charge on any atom is -0.466 e. The van der Waals surface area contributed by atoms with E-state index in [0.717, 1.165) is 24.5 Å². The molecule has 0 radical (unpaired) electrons. The van der Waals surface area contributed by atoms with Gasteiger partial charge in [0, 0.05) is 0 Å². The van der Waals surface area contributed by atoms with Crippen molar-refractivity contribution in [1.29, 1.82) is 0 Å². The normalized spacial score (nSPS) is 14.9. The third kappa shape index (κ3) is 4.19. The Bertz CT molecular complexity index is 366. The lowest BCUT2D eigenvalue weighted by atomic mass is 10.1. The van der Waals surface area contributed by atoms with Gasteiger partial charge in [0.05, 0.1) is 11.6 Å². The highest BCUT2D eigenvalue weighted by atomic mass is 35.5. The maximum Gasteiger partial charge on any atom is 0.189 e. The van der Waals surface area contributed by atoms with Crippen LogP contribution in [0.5, 0.6) is 5.75 Å². The first-order chi connectivity index (χ1) is 8.29. The first-order valence-electron chi connectivity index (χ1n) is 5.98. The molecule has 0 aliphatic heterocycles. The van der Waals surface area contributed by atoms with Gasteiger partial charge in [-0.25, -0.2) is 0 Å². The van der Waals surface area contributed by atoms with E-state index in [4.69, 9.17) is 26.8 Å². The van der Waals surface area contributed by atoms with E-state index in [1.54, 1.807) is 0 Å². The van der Waals surface area contributed by atoms with Crippen LogP contribution >= 0.6 is 11.6 Å². The van der Waals surface area contributed by atoms with E-state index in [9.17, 15) is 0 Å². The number of halogens is 1. The molecule has 0 spiro atoms. The van der Waals surface area contributed by atoms with Crippen molar-refractivity contribution in [3.8, 4) is 5.75 Å². The van der Waals surface area contributed by atoms with Crippen LogP contribution in [0.2, 0.25) is 5.02 Å². The predicted molar refractivity (Wildman–Crippen MR) is 68.4 cm³/mol. The summed E-state index contributed by atoms with van der Waals surface area (Å²) in [6, 6.07) is 5.74. The molecule has 3 nitrogen and oxygen atoms in total. The fourth-order valence-electron chi connectivity index (χ4n) is 1.59. The number of ether oxygens (including phenoxy) is 2. The molecule has 0 amide bonds. The molecule has 0 saturated heterocycles. The van der Waals surface area contributed by atoms with Gasteiger partial charge in [0.15, 0.2) is 6.79 Å². The molecule has 1 aliphatic rings. The van der Waals surface area contributed by atoms with Crippen molar-refractivity contribution in [2.24, 2.45) is 11.7 Å². The number of nitrogens with two attached hydrogens (primary N) is 1. The second-order valence-electron chi connectivity index (χ2n) is 4.38. The SMILES string of the molecule is NCCc1ccc(OCOCC2CC2)c(Cl)c1. The first kappa shape index (κ1) is 12.7. The Morgan fingerprint density at radius 2 is 2.18 bits per heavy atom. The average molecular weight is 256 g/mol. The lowest BCUT2D eigenvalue weighted by Crippen LogP contribution is -2.06. The van der Waals surface area contributed by atoms with E-state index >= 15 is 0 Å². The summed E-state index contributed by atoms with van der Waals surface area (Å²) < 4.78 is 10.9. The van der Waals surface area contributed by atoms with E-state index in [-0.39, 0.29) is 6.79 Å². The van der Waals surface area contributed by atoms with Gasteiger partial charge >= 0.3 is 0 Å². The zero-order valence-electron chi connectivity index (χ0n) is 9.82. The minimum absolute atomic E-state index is 0.270. The molecule has 1 aromatic rings. The van der Waals surface area contributed by atoms with Crippen LogP contribution in [0.25, 0.3) is 0 Å². The Hall–Kier alpha value is -0.770. The zero-order chi connectivity index (χ0) is 12.1. The van der Waals surface area contributed by atoms with E-state index in [0.29, 0.717) is 17.3 Å². The van der Waals surface area contributed by atoms with Gasteiger partial charge in [-0.15, -0.1) is 0 Å². The third-order valence-electron chi connectivity index (χ3n) is 2.78. The Balaban J connectivity index is 1.78. The van der Waals surface area contributed by atoms with Crippen LogP contribution in [0.1, 0.15) is 18.4 Å². The number of hydrogen-bond acceptors (Lipinski definition) is 3. The molecule has 0 heterocycles. The Morgan fingerprint density at radius 1 is 1.35 bits per heavy atom. The molecular formula is C13H18ClNO2. The molecule has 1 saturated carbocycles. The van der Waals surface area contributed by atoms with Gasteiger partial charge in [0.1, 0.15) is 5.75 Å². The summed E-state index contributed by atoms with van der Waals surface area (Å²) in [5.74, 6) is 1.42. The summed E-state index contributed by atoms with van der Waals surface area (Å²) in [5, 5.41) is 0.617. The van der Waals surface area contributed by atoms with Crippen molar-refractivity contribution in [3.05, 3.63) is 28.8 Å². The van der Waals surface area contributed by atoms with Gasteiger partial charge in [-0.2, -0.15) is 0 Å². The summed E-state index contributed by atoms with van der Waals surface area (Å²) in [6.45, 7) is 1.69. The van der Waals surface area contributed by atoms with Crippen LogP contribution in [0.3, 0.4) is 0 Å².